The fraction of sp³-hybridized carbons (Fsp3) is 0.278. The lowest BCUT2D eigenvalue weighted by Crippen LogP contribution is -2.27. The topological polar surface area (TPSA) is 61.8 Å². The van der Waals surface area contributed by atoms with Gasteiger partial charge in [-0.1, -0.05) is 23.7 Å². The van der Waals surface area contributed by atoms with Crippen LogP contribution in [-0.2, 0) is 0 Å². The molecule has 0 amide bonds. The Labute approximate surface area is 146 Å². The molecule has 0 aliphatic heterocycles. The number of carbonyl (C=O) groups is 1. The largest absolute Gasteiger partial charge is 0.497 e. The van der Waals surface area contributed by atoms with Gasteiger partial charge in [0.25, 0.3) is 0 Å². The minimum atomic E-state index is -0.978. The monoisotopic (exact) mass is 348 g/mol. The van der Waals surface area contributed by atoms with Crippen molar-refractivity contribution in [3.63, 3.8) is 0 Å². The van der Waals surface area contributed by atoms with Crippen molar-refractivity contribution >= 4 is 23.3 Å². The molecule has 0 aliphatic carbocycles. The molecule has 2 aromatic carbocycles. The van der Waals surface area contributed by atoms with Crippen LogP contribution in [0.1, 0.15) is 22.0 Å². The summed E-state index contributed by atoms with van der Waals surface area (Å²) in [5, 5.41) is 12.8. The highest BCUT2D eigenvalue weighted by Gasteiger charge is 2.15. The van der Waals surface area contributed by atoms with Crippen LogP contribution >= 0.6 is 11.6 Å². The predicted molar refractivity (Wildman–Crippen MR) is 96.3 cm³/mol. The summed E-state index contributed by atoms with van der Waals surface area (Å²) in [6.45, 7) is 0.585. The standard InChI is InChI=1S/C18H21ClN2O3/c1-21(2)17(12-4-7-14(24-3)8-5-12)11-20-16-10-13(18(22)23)6-9-15(16)19/h4-10,17,20H,11H2,1-3H3,(H,22,23). The lowest BCUT2D eigenvalue weighted by molar-refractivity contribution is 0.0697. The Morgan fingerprint density at radius 3 is 2.46 bits per heavy atom. The number of halogens is 1. The quantitative estimate of drug-likeness (QED) is 0.797. The maximum Gasteiger partial charge on any atom is 0.335 e. The van der Waals surface area contributed by atoms with Crippen LogP contribution in [0, 0.1) is 0 Å². The molecule has 2 N–H and O–H groups in total. The summed E-state index contributed by atoms with van der Waals surface area (Å²) >= 11 is 6.16. The van der Waals surface area contributed by atoms with Gasteiger partial charge in [0, 0.05) is 6.54 Å². The van der Waals surface area contributed by atoms with E-state index in [1.54, 1.807) is 19.2 Å². The molecule has 2 aromatic rings. The van der Waals surface area contributed by atoms with Crippen molar-refractivity contribution in [3.8, 4) is 5.75 Å². The first kappa shape index (κ1) is 18.1. The molecule has 5 nitrogen and oxygen atoms in total. The predicted octanol–water partition coefficient (Wildman–Crippen LogP) is 3.76. The number of carboxylic acid groups (broad SMARTS) is 1. The Bertz CT molecular complexity index is 702. The Balaban J connectivity index is 2.17. The van der Waals surface area contributed by atoms with Crippen LogP contribution in [-0.4, -0.2) is 43.7 Å². The zero-order chi connectivity index (χ0) is 17.7. The molecule has 0 heterocycles. The third kappa shape index (κ3) is 4.40. The van der Waals surface area contributed by atoms with Crippen LogP contribution < -0.4 is 10.1 Å². The number of carboxylic acids is 1. The van der Waals surface area contributed by atoms with E-state index in [9.17, 15) is 4.79 Å². The molecule has 2 rings (SSSR count). The third-order valence-corrected chi connectivity index (χ3v) is 4.15. The minimum Gasteiger partial charge on any atom is -0.497 e. The molecule has 128 valence electrons. The molecular weight excluding hydrogens is 328 g/mol. The Hall–Kier alpha value is -2.24. The summed E-state index contributed by atoms with van der Waals surface area (Å²) in [6.07, 6.45) is 0. The van der Waals surface area contributed by atoms with Crippen molar-refractivity contribution < 1.29 is 14.6 Å². The van der Waals surface area contributed by atoms with Crippen LogP contribution in [0.2, 0.25) is 5.02 Å². The average Bonchev–Trinajstić information content (AvgIpc) is 2.56. The van der Waals surface area contributed by atoms with Crippen molar-refractivity contribution in [2.75, 3.05) is 33.1 Å². The number of hydrogen-bond donors (Lipinski definition) is 2. The van der Waals surface area contributed by atoms with Crippen LogP contribution in [0.15, 0.2) is 42.5 Å². The molecular formula is C18H21ClN2O3. The number of ether oxygens (including phenoxy) is 1. The van der Waals surface area contributed by atoms with Gasteiger partial charge in [-0.2, -0.15) is 0 Å². The number of nitrogens with zero attached hydrogens (tertiary/aromatic N) is 1. The molecule has 0 saturated heterocycles. The van der Waals surface area contributed by atoms with Crippen molar-refractivity contribution in [1.29, 1.82) is 0 Å². The number of anilines is 1. The van der Waals surface area contributed by atoms with E-state index in [-0.39, 0.29) is 11.6 Å². The Kier molecular flexibility index (Phi) is 6.06. The second-order valence-corrected chi connectivity index (χ2v) is 6.04. The Morgan fingerprint density at radius 1 is 1.25 bits per heavy atom. The highest BCUT2D eigenvalue weighted by atomic mass is 35.5. The molecule has 0 aliphatic rings. The number of aromatic carboxylic acids is 1. The van der Waals surface area contributed by atoms with Crippen molar-refractivity contribution in [1.82, 2.24) is 4.90 Å². The summed E-state index contributed by atoms with van der Waals surface area (Å²) in [4.78, 5) is 13.2. The van der Waals surface area contributed by atoms with Gasteiger partial charge >= 0.3 is 5.97 Å². The molecule has 24 heavy (non-hydrogen) atoms. The second kappa shape index (κ2) is 8.04. The zero-order valence-corrected chi connectivity index (χ0v) is 14.7. The maximum absolute atomic E-state index is 11.1. The fourth-order valence-corrected chi connectivity index (χ4v) is 2.61. The normalized spacial score (nSPS) is 12.0. The molecule has 1 atom stereocenters. The van der Waals surface area contributed by atoms with Crippen molar-refractivity contribution in [2.24, 2.45) is 0 Å². The van der Waals surface area contributed by atoms with Gasteiger partial charge in [0.05, 0.1) is 29.4 Å². The van der Waals surface area contributed by atoms with Crippen LogP contribution in [0.5, 0.6) is 5.75 Å². The number of benzene rings is 2. The summed E-state index contributed by atoms with van der Waals surface area (Å²) in [5.41, 5.74) is 1.93. The van der Waals surface area contributed by atoms with E-state index in [0.29, 0.717) is 17.3 Å². The summed E-state index contributed by atoms with van der Waals surface area (Å²) < 4.78 is 5.19. The number of likely N-dealkylation sites (N-methyl/N-ethyl adjacent to an activating group) is 1. The van der Waals surface area contributed by atoms with Crippen molar-refractivity contribution in [3.05, 3.63) is 58.6 Å². The average molecular weight is 349 g/mol. The molecule has 0 aromatic heterocycles. The summed E-state index contributed by atoms with van der Waals surface area (Å²) in [7, 11) is 5.62. The van der Waals surface area contributed by atoms with Crippen LogP contribution in [0.4, 0.5) is 5.69 Å². The molecule has 1 unspecified atom stereocenters. The van der Waals surface area contributed by atoms with Crippen LogP contribution in [0.3, 0.4) is 0 Å². The van der Waals surface area contributed by atoms with E-state index in [4.69, 9.17) is 21.4 Å². The molecule has 6 heteroatoms. The van der Waals surface area contributed by atoms with Gasteiger partial charge in [0.1, 0.15) is 5.75 Å². The van der Waals surface area contributed by atoms with Gasteiger partial charge in [-0.15, -0.1) is 0 Å². The molecule has 0 spiro atoms. The fourth-order valence-electron chi connectivity index (χ4n) is 2.43. The number of methoxy groups -OCH3 is 1. The molecule has 0 saturated carbocycles. The van der Waals surface area contributed by atoms with E-state index >= 15 is 0 Å². The zero-order valence-electron chi connectivity index (χ0n) is 13.9. The summed E-state index contributed by atoms with van der Waals surface area (Å²) in [6, 6.07) is 12.6. The Morgan fingerprint density at radius 2 is 1.92 bits per heavy atom. The van der Waals surface area contributed by atoms with E-state index in [0.717, 1.165) is 11.3 Å². The van der Waals surface area contributed by atoms with E-state index in [1.807, 2.05) is 38.4 Å². The van der Waals surface area contributed by atoms with Gasteiger partial charge in [0.15, 0.2) is 0 Å². The lowest BCUT2D eigenvalue weighted by atomic mass is 10.1. The molecule has 0 radical (unpaired) electrons. The SMILES string of the molecule is COc1ccc(C(CNc2cc(C(=O)O)ccc2Cl)N(C)C)cc1. The second-order valence-electron chi connectivity index (χ2n) is 5.63. The number of rotatable bonds is 7. The highest BCUT2D eigenvalue weighted by molar-refractivity contribution is 6.33. The smallest absolute Gasteiger partial charge is 0.335 e. The van der Waals surface area contributed by atoms with Crippen LogP contribution in [0.25, 0.3) is 0 Å². The number of hydrogen-bond acceptors (Lipinski definition) is 4. The number of nitrogens with one attached hydrogen (secondary N) is 1. The first-order valence-electron chi connectivity index (χ1n) is 7.49. The first-order valence-corrected chi connectivity index (χ1v) is 7.87. The van der Waals surface area contributed by atoms with Gasteiger partial charge in [0.2, 0.25) is 0 Å². The van der Waals surface area contributed by atoms with Gasteiger partial charge in [-0.25, -0.2) is 4.79 Å². The van der Waals surface area contributed by atoms with E-state index in [2.05, 4.69) is 10.2 Å². The lowest BCUT2D eigenvalue weighted by Gasteiger charge is -2.26. The minimum absolute atomic E-state index is 0.0976. The van der Waals surface area contributed by atoms with Gasteiger partial charge in [-0.3, -0.25) is 0 Å². The van der Waals surface area contributed by atoms with E-state index in [1.165, 1.54) is 6.07 Å². The van der Waals surface area contributed by atoms with Crippen molar-refractivity contribution in [2.45, 2.75) is 6.04 Å². The highest BCUT2D eigenvalue weighted by Crippen LogP contribution is 2.26. The molecule has 0 bridgehead atoms. The summed E-state index contributed by atoms with van der Waals surface area (Å²) in [5.74, 6) is -0.171. The molecule has 0 fully saturated rings. The van der Waals surface area contributed by atoms with Gasteiger partial charge in [-0.05, 0) is 50.0 Å². The van der Waals surface area contributed by atoms with Gasteiger partial charge < -0.3 is 20.1 Å². The first-order chi connectivity index (χ1) is 11.4. The maximum atomic E-state index is 11.1. The van der Waals surface area contributed by atoms with E-state index < -0.39 is 5.97 Å². The third-order valence-electron chi connectivity index (χ3n) is 3.82.